The number of hydrogen-bond donors (Lipinski definition) is 1. The highest BCUT2D eigenvalue weighted by atomic mass is 16.1. The molecule has 2 heteroatoms. The van der Waals surface area contributed by atoms with E-state index in [-0.39, 0.29) is 11.3 Å². The first-order valence-electron chi connectivity index (χ1n) is 5.90. The van der Waals surface area contributed by atoms with Crippen LogP contribution in [0.15, 0.2) is 24.3 Å². The number of rotatable bonds is 2. The number of carbonyl (C=O) groups excluding carboxylic acids is 1. The second-order valence-corrected chi connectivity index (χ2v) is 4.73. The molecule has 1 atom stereocenters. The summed E-state index contributed by atoms with van der Waals surface area (Å²) in [6.07, 6.45) is 15.0. The summed E-state index contributed by atoms with van der Waals surface area (Å²) in [6, 6.07) is 0. The lowest BCUT2D eigenvalue weighted by atomic mass is 9.65. The van der Waals surface area contributed by atoms with Gasteiger partial charge >= 0.3 is 0 Å². The highest BCUT2D eigenvalue weighted by molar-refractivity contribution is 5.84. The van der Waals surface area contributed by atoms with Gasteiger partial charge in [0.2, 0.25) is 5.91 Å². The fraction of sp³-hybridized carbons (Fsp3) is 0.615. The molecule has 0 bridgehead atoms. The van der Waals surface area contributed by atoms with Crippen LogP contribution in [0.5, 0.6) is 0 Å². The Morgan fingerprint density at radius 1 is 1.20 bits per heavy atom. The summed E-state index contributed by atoms with van der Waals surface area (Å²) in [6.45, 7) is 0. The van der Waals surface area contributed by atoms with Crippen molar-refractivity contribution in [3.63, 3.8) is 0 Å². The topological polar surface area (TPSA) is 43.1 Å². The van der Waals surface area contributed by atoms with Gasteiger partial charge in [0, 0.05) is 0 Å². The number of allylic oxidation sites excluding steroid dienone is 3. The molecule has 1 unspecified atom stereocenters. The Bertz CT molecular complexity index is 300. The van der Waals surface area contributed by atoms with E-state index in [1.165, 1.54) is 19.3 Å². The van der Waals surface area contributed by atoms with Crippen molar-refractivity contribution in [2.75, 3.05) is 0 Å². The number of nitrogens with two attached hydrogens (primary N) is 1. The van der Waals surface area contributed by atoms with Crippen LogP contribution >= 0.6 is 0 Å². The third-order valence-corrected chi connectivity index (χ3v) is 3.89. The molecule has 0 aromatic carbocycles. The summed E-state index contributed by atoms with van der Waals surface area (Å²) >= 11 is 0. The van der Waals surface area contributed by atoms with Crippen molar-refractivity contribution in [3.8, 4) is 0 Å². The molecule has 0 heterocycles. The second kappa shape index (κ2) is 4.21. The van der Waals surface area contributed by atoms with Crippen LogP contribution in [0.25, 0.3) is 0 Å². The molecule has 0 spiro atoms. The molecule has 1 amide bonds. The Labute approximate surface area is 91.2 Å². The lowest BCUT2D eigenvalue weighted by Crippen LogP contribution is -2.42. The van der Waals surface area contributed by atoms with E-state index in [1.807, 2.05) is 18.2 Å². The van der Waals surface area contributed by atoms with Gasteiger partial charge in [-0.1, -0.05) is 43.6 Å². The van der Waals surface area contributed by atoms with E-state index < -0.39 is 0 Å². The van der Waals surface area contributed by atoms with E-state index in [4.69, 9.17) is 5.73 Å². The smallest absolute Gasteiger partial charge is 0.228 e. The van der Waals surface area contributed by atoms with Gasteiger partial charge in [0.15, 0.2) is 0 Å². The molecule has 15 heavy (non-hydrogen) atoms. The Morgan fingerprint density at radius 2 is 1.93 bits per heavy atom. The molecular weight excluding hydrogens is 186 g/mol. The second-order valence-electron chi connectivity index (χ2n) is 4.73. The van der Waals surface area contributed by atoms with Crippen molar-refractivity contribution < 1.29 is 4.79 Å². The van der Waals surface area contributed by atoms with E-state index in [0.717, 1.165) is 19.3 Å². The zero-order chi connectivity index (χ0) is 10.7. The van der Waals surface area contributed by atoms with Crippen molar-refractivity contribution in [2.45, 2.75) is 38.5 Å². The zero-order valence-electron chi connectivity index (χ0n) is 9.11. The monoisotopic (exact) mass is 205 g/mol. The van der Waals surface area contributed by atoms with Gasteiger partial charge in [-0.15, -0.1) is 0 Å². The maximum absolute atomic E-state index is 11.7. The molecule has 0 aromatic rings. The van der Waals surface area contributed by atoms with Crippen LogP contribution in [0.4, 0.5) is 0 Å². The molecule has 1 fully saturated rings. The highest BCUT2D eigenvalue weighted by Gasteiger charge is 2.41. The standard InChI is InChI=1S/C13H19NO/c14-12(15)13(9-5-2-6-10-13)11-7-3-1-4-8-11/h2,5-6,9,11H,1,3-4,7-8,10H2,(H2,14,15). The van der Waals surface area contributed by atoms with Gasteiger partial charge in [-0.25, -0.2) is 0 Å². The molecule has 0 aliphatic heterocycles. The lowest BCUT2D eigenvalue weighted by Gasteiger charge is -2.38. The predicted octanol–water partition coefficient (Wildman–Crippen LogP) is 2.55. The van der Waals surface area contributed by atoms with Crippen molar-refractivity contribution >= 4 is 5.91 Å². The largest absolute Gasteiger partial charge is 0.369 e. The third kappa shape index (κ3) is 1.85. The van der Waals surface area contributed by atoms with Gasteiger partial charge < -0.3 is 5.73 Å². The molecule has 82 valence electrons. The van der Waals surface area contributed by atoms with Crippen molar-refractivity contribution in [2.24, 2.45) is 17.1 Å². The van der Waals surface area contributed by atoms with Gasteiger partial charge in [0.05, 0.1) is 5.41 Å². The first-order chi connectivity index (χ1) is 7.26. The maximum Gasteiger partial charge on any atom is 0.228 e. The molecule has 2 aliphatic carbocycles. The molecule has 0 saturated heterocycles. The van der Waals surface area contributed by atoms with Gasteiger partial charge in [-0.05, 0) is 25.2 Å². The molecule has 2 N–H and O–H groups in total. The molecule has 0 radical (unpaired) electrons. The minimum absolute atomic E-state index is 0.144. The summed E-state index contributed by atoms with van der Waals surface area (Å²) in [5.41, 5.74) is 5.23. The number of hydrogen-bond acceptors (Lipinski definition) is 1. The summed E-state index contributed by atoms with van der Waals surface area (Å²) in [5, 5.41) is 0. The van der Waals surface area contributed by atoms with Gasteiger partial charge in [0.25, 0.3) is 0 Å². The van der Waals surface area contributed by atoms with Crippen LogP contribution in [0.2, 0.25) is 0 Å². The summed E-state index contributed by atoms with van der Waals surface area (Å²) in [5.74, 6) is 0.319. The van der Waals surface area contributed by atoms with Gasteiger partial charge in [-0.2, -0.15) is 0 Å². The molecule has 1 saturated carbocycles. The lowest BCUT2D eigenvalue weighted by molar-refractivity contribution is -0.128. The van der Waals surface area contributed by atoms with Crippen LogP contribution < -0.4 is 5.73 Å². The molecule has 2 nitrogen and oxygen atoms in total. The van der Waals surface area contributed by atoms with E-state index in [1.54, 1.807) is 0 Å². The Hall–Kier alpha value is -1.05. The molecule has 2 aliphatic rings. The first kappa shape index (κ1) is 10.5. The Balaban J connectivity index is 2.21. The van der Waals surface area contributed by atoms with Crippen LogP contribution in [0.3, 0.4) is 0 Å². The summed E-state index contributed by atoms with van der Waals surface area (Å²) in [7, 11) is 0. The third-order valence-electron chi connectivity index (χ3n) is 3.89. The Kier molecular flexibility index (Phi) is 2.94. The molecule has 0 aromatic heterocycles. The SMILES string of the molecule is NC(=O)C1(C2CCCCC2)C=CC=CC1. The fourth-order valence-electron chi connectivity index (χ4n) is 2.94. The van der Waals surface area contributed by atoms with Gasteiger partial charge in [-0.3, -0.25) is 4.79 Å². The van der Waals surface area contributed by atoms with Crippen LogP contribution in [0.1, 0.15) is 38.5 Å². The van der Waals surface area contributed by atoms with E-state index in [9.17, 15) is 4.79 Å². The van der Waals surface area contributed by atoms with Gasteiger partial charge in [0.1, 0.15) is 0 Å². The van der Waals surface area contributed by atoms with Crippen LogP contribution in [-0.2, 0) is 4.79 Å². The molecular formula is C13H19NO. The fourth-order valence-corrected chi connectivity index (χ4v) is 2.94. The zero-order valence-corrected chi connectivity index (χ0v) is 9.11. The molecule has 2 rings (SSSR count). The van der Waals surface area contributed by atoms with Crippen LogP contribution in [-0.4, -0.2) is 5.91 Å². The van der Waals surface area contributed by atoms with E-state index in [2.05, 4.69) is 6.08 Å². The van der Waals surface area contributed by atoms with Crippen LogP contribution in [0, 0.1) is 11.3 Å². The van der Waals surface area contributed by atoms with Crippen molar-refractivity contribution in [3.05, 3.63) is 24.3 Å². The number of primary amides is 1. The number of carbonyl (C=O) groups is 1. The van der Waals surface area contributed by atoms with E-state index >= 15 is 0 Å². The quantitative estimate of drug-likeness (QED) is 0.739. The minimum atomic E-state index is -0.380. The first-order valence-corrected chi connectivity index (χ1v) is 5.90. The van der Waals surface area contributed by atoms with E-state index in [0.29, 0.717) is 5.92 Å². The minimum Gasteiger partial charge on any atom is -0.369 e. The average molecular weight is 205 g/mol. The average Bonchev–Trinajstić information content (AvgIpc) is 2.31. The van der Waals surface area contributed by atoms with Crippen molar-refractivity contribution in [1.29, 1.82) is 0 Å². The Morgan fingerprint density at radius 3 is 2.47 bits per heavy atom. The summed E-state index contributed by atoms with van der Waals surface area (Å²) < 4.78 is 0. The van der Waals surface area contributed by atoms with Crippen molar-refractivity contribution in [1.82, 2.24) is 0 Å². The normalized spacial score (nSPS) is 31.7. The highest BCUT2D eigenvalue weighted by Crippen LogP contribution is 2.43. The summed E-state index contributed by atoms with van der Waals surface area (Å²) in [4.78, 5) is 11.7. The maximum atomic E-state index is 11.7. The predicted molar refractivity (Wildman–Crippen MR) is 61.1 cm³/mol. The number of amides is 1.